The van der Waals surface area contributed by atoms with E-state index in [9.17, 15) is 9.59 Å². The molecule has 1 rings (SSSR count). The van der Waals surface area contributed by atoms with Gasteiger partial charge in [0.15, 0.2) is 0 Å². The standard InChI is InChI=1S/C13H24N2O3/c1-5-18-8-11(9(2)3)15-7-6-12(16)14-10(4)13(15)17/h9-11H,5-8H2,1-4H3,(H,14,16). The van der Waals surface area contributed by atoms with Crippen LogP contribution in [0.2, 0.25) is 0 Å². The van der Waals surface area contributed by atoms with Crippen LogP contribution in [0.5, 0.6) is 0 Å². The Bertz CT molecular complexity index is 305. The lowest BCUT2D eigenvalue weighted by atomic mass is 10.0. The normalized spacial score (nSPS) is 22.9. The van der Waals surface area contributed by atoms with E-state index in [1.807, 2.05) is 6.92 Å². The Kier molecular flexibility index (Phi) is 5.59. The molecule has 1 N–H and O–H groups in total. The molecule has 1 heterocycles. The minimum Gasteiger partial charge on any atom is -0.380 e. The van der Waals surface area contributed by atoms with E-state index in [4.69, 9.17) is 4.74 Å². The zero-order chi connectivity index (χ0) is 13.7. The summed E-state index contributed by atoms with van der Waals surface area (Å²) >= 11 is 0. The van der Waals surface area contributed by atoms with E-state index >= 15 is 0 Å². The molecule has 1 aliphatic rings. The van der Waals surface area contributed by atoms with Crippen LogP contribution in [0.4, 0.5) is 0 Å². The van der Waals surface area contributed by atoms with Crippen LogP contribution in [0.25, 0.3) is 0 Å². The van der Waals surface area contributed by atoms with Crippen LogP contribution in [0.15, 0.2) is 0 Å². The van der Waals surface area contributed by atoms with Crippen LogP contribution in [0.3, 0.4) is 0 Å². The number of nitrogens with one attached hydrogen (secondary N) is 1. The molecule has 1 saturated heterocycles. The van der Waals surface area contributed by atoms with Gasteiger partial charge in [0.2, 0.25) is 11.8 Å². The summed E-state index contributed by atoms with van der Waals surface area (Å²) in [6, 6.07) is -0.407. The van der Waals surface area contributed by atoms with E-state index in [1.165, 1.54) is 0 Å². The van der Waals surface area contributed by atoms with Gasteiger partial charge in [-0.15, -0.1) is 0 Å². The molecule has 0 aliphatic carbocycles. The third-order valence-electron chi connectivity index (χ3n) is 3.27. The molecule has 2 amide bonds. The number of nitrogens with zero attached hydrogens (tertiary/aromatic N) is 1. The zero-order valence-electron chi connectivity index (χ0n) is 11.7. The van der Waals surface area contributed by atoms with E-state index in [2.05, 4.69) is 19.2 Å². The first kappa shape index (κ1) is 15.0. The molecule has 1 aliphatic heterocycles. The number of rotatable bonds is 5. The van der Waals surface area contributed by atoms with Crippen molar-refractivity contribution in [1.82, 2.24) is 10.2 Å². The summed E-state index contributed by atoms with van der Waals surface area (Å²) in [5.74, 6) is 0.234. The van der Waals surface area contributed by atoms with Gasteiger partial charge < -0.3 is 15.0 Å². The van der Waals surface area contributed by atoms with Crippen molar-refractivity contribution in [3.63, 3.8) is 0 Å². The minimum absolute atomic E-state index is 0.0146. The van der Waals surface area contributed by atoms with Gasteiger partial charge in [0.25, 0.3) is 0 Å². The first-order chi connectivity index (χ1) is 8.47. The molecule has 104 valence electrons. The number of ether oxygens (including phenoxy) is 1. The van der Waals surface area contributed by atoms with Gasteiger partial charge in [-0.05, 0) is 19.8 Å². The highest BCUT2D eigenvalue weighted by atomic mass is 16.5. The molecule has 5 heteroatoms. The first-order valence-corrected chi connectivity index (χ1v) is 6.65. The van der Waals surface area contributed by atoms with Gasteiger partial charge in [-0.25, -0.2) is 0 Å². The van der Waals surface area contributed by atoms with Crippen molar-refractivity contribution < 1.29 is 14.3 Å². The van der Waals surface area contributed by atoms with Crippen molar-refractivity contribution in [2.45, 2.75) is 46.2 Å². The van der Waals surface area contributed by atoms with Gasteiger partial charge in [0.1, 0.15) is 6.04 Å². The van der Waals surface area contributed by atoms with Crippen LogP contribution in [-0.4, -0.2) is 48.6 Å². The average Bonchev–Trinajstić information content (AvgIpc) is 2.42. The fraction of sp³-hybridized carbons (Fsp3) is 0.846. The molecule has 0 saturated carbocycles. The fourth-order valence-electron chi connectivity index (χ4n) is 2.17. The minimum atomic E-state index is -0.442. The topological polar surface area (TPSA) is 58.6 Å². The molecule has 2 atom stereocenters. The Morgan fingerprint density at radius 1 is 1.44 bits per heavy atom. The summed E-state index contributed by atoms with van der Waals surface area (Å²) in [6.45, 7) is 9.46. The number of carbonyl (C=O) groups is 2. The van der Waals surface area contributed by atoms with Crippen LogP contribution < -0.4 is 5.32 Å². The maximum Gasteiger partial charge on any atom is 0.245 e. The third-order valence-corrected chi connectivity index (χ3v) is 3.27. The highest BCUT2D eigenvalue weighted by Gasteiger charge is 2.32. The quantitative estimate of drug-likeness (QED) is 0.791. The molecule has 0 aromatic carbocycles. The lowest BCUT2D eigenvalue weighted by Gasteiger charge is -2.34. The second-order valence-corrected chi connectivity index (χ2v) is 5.04. The summed E-state index contributed by atoms with van der Waals surface area (Å²) in [5.41, 5.74) is 0. The van der Waals surface area contributed by atoms with Gasteiger partial charge >= 0.3 is 0 Å². The maximum atomic E-state index is 12.3. The highest BCUT2D eigenvalue weighted by molar-refractivity contribution is 5.89. The molecule has 1 fully saturated rings. The molecule has 0 spiro atoms. The van der Waals surface area contributed by atoms with E-state index in [0.29, 0.717) is 32.1 Å². The van der Waals surface area contributed by atoms with Crippen molar-refractivity contribution in [3.8, 4) is 0 Å². The van der Waals surface area contributed by atoms with Crippen molar-refractivity contribution >= 4 is 11.8 Å². The molecular weight excluding hydrogens is 232 g/mol. The fourth-order valence-corrected chi connectivity index (χ4v) is 2.17. The second kappa shape index (κ2) is 6.73. The van der Waals surface area contributed by atoms with E-state index < -0.39 is 6.04 Å². The highest BCUT2D eigenvalue weighted by Crippen LogP contribution is 2.15. The molecular formula is C13H24N2O3. The molecule has 2 unspecified atom stereocenters. The van der Waals surface area contributed by atoms with Crippen molar-refractivity contribution in [1.29, 1.82) is 0 Å². The van der Waals surface area contributed by atoms with Crippen molar-refractivity contribution in [2.75, 3.05) is 19.8 Å². The third kappa shape index (κ3) is 3.70. The summed E-state index contributed by atoms with van der Waals surface area (Å²) < 4.78 is 5.46. The van der Waals surface area contributed by atoms with Crippen LogP contribution in [-0.2, 0) is 14.3 Å². The van der Waals surface area contributed by atoms with Crippen LogP contribution in [0, 0.1) is 5.92 Å². The Morgan fingerprint density at radius 3 is 2.67 bits per heavy atom. The number of hydrogen-bond acceptors (Lipinski definition) is 3. The predicted octanol–water partition coefficient (Wildman–Crippen LogP) is 0.785. The average molecular weight is 256 g/mol. The van der Waals surface area contributed by atoms with Gasteiger partial charge in [0.05, 0.1) is 12.6 Å². The molecule has 0 bridgehead atoms. The first-order valence-electron chi connectivity index (χ1n) is 6.65. The number of carbonyl (C=O) groups excluding carboxylic acids is 2. The van der Waals surface area contributed by atoms with Gasteiger partial charge in [-0.1, -0.05) is 13.8 Å². The lowest BCUT2D eigenvalue weighted by molar-refractivity contribution is -0.137. The van der Waals surface area contributed by atoms with Crippen molar-refractivity contribution in [3.05, 3.63) is 0 Å². The van der Waals surface area contributed by atoms with Gasteiger partial charge in [0, 0.05) is 19.6 Å². The molecule has 18 heavy (non-hydrogen) atoms. The largest absolute Gasteiger partial charge is 0.380 e. The smallest absolute Gasteiger partial charge is 0.245 e. The van der Waals surface area contributed by atoms with Crippen LogP contribution >= 0.6 is 0 Å². The zero-order valence-corrected chi connectivity index (χ0v) is 11.7. The predicted molar refractivity (Wildman–Crippen MR) is 69.1 cm³/mol. The molecule has 0 radical (unpaired) electrons. The molecule has 5 nitrogen and oxygen atoms in total. The van der Waals surface area contributed by atoms with Crippen molar-refractivity contribution in [2.24, 2.45) is 5.92 Å². The Labute approximate surface area is 109 Å². The molecule has 0 aromatic heterocycles. The lowest BCUT2D eigenvalue weighted by Crippen LogP contribution is -2.50. The maximum absolute atomic E-state index is 12.3. The Balaban J connectivity index is 2.80. The number of hydrogen-bond donors (Lipinski definition) is 1. The summed E-state index contributed by atoms with van der Waals surface area (Å²) in [5, 5.41) is 2.70. The SMILES string of the molecule is CCOCC(C(C)C)N1CCC(=O)NC(C)C1=O. The summed E-state index contributed by atoms with van der Waals surface area (Å²) in [4.78, 5) is 25.5. The summed E-state index contributed by atoms with van der Waals surface area (Å²) in [6.07, 6.45) is 0.366. The monoisotopic (exact) mass is 256 g/mol. The van der Waals surface area contributed by atoms with E-state index in [0.717, 1.165) is 0 Å². The van der Waals surface area contributed by atoms with E-state index in [1.54, 1.807) is 11.8 Å². The number of amides is 2. The van der Waals surface area contributed by atoms with Crippen LogP contribution in [0.1, 0.15) is 34.1 Å². The van der Waals surface area contributed by atoms with E-state index in [-0.39, 0.29) is 17.9 Å². The molecule has 0 aromatic rings. The second-order valence-electron chi connectivity index (χ2n) is 5.04. The van der Waals surface area contributed by atoms with Gasteiger partial charge in [-0.3, -0.25) is 9.59 Å². The Morgan fingerprint density at radius 2 is 2.11 bits per heavy atom. The van der Waals surface area contributed by atoms with Gasteiger partial charge in [-0.2, -0.15) is 0 Å². The summed E-state index contributed by atoms with van der Waals surface area (Å²) in [7, 11) is 0. The Hall–Kier alpha value is -1.10.